The monoisotopic (exact) mass is 376 g/mol. The molecule has 0 atom stereocenters. The minimum absolute atomic E-state index is 0.0358. The molecule has 1 aliphatic rings. The molecule has 0 radical (unpaired) electrons. The quantitative estimate of drug-likeness (QED) is 0.759. The topological polar surface area (TPSA) is 53.7 Å². The van der Waals surface area contributed by atoms with E-state index in [0.29, 0.717) is 37.1 Å². The van der Waals surface area contributed by atoms with E-state index >= 15 is 0 Å². The molecule has 4 heterocycles. The fraction of sp³-hybridized carbons (Fsp3) is 0.368. The van der Waals surface area contributed by atoms with Crippen molar-refractivity contribution >= 4 is 11.5 Å². The van der Waals surface area contributed by atoms with Gasteiger partial charge in [-0.15, -0.1) is 0 Å². The van der Waals surface area contributed by atoms with E-state index in [0.717, 1.165) is 5.65 Å². The van der Waals surface area contributed by atoms with Gasteiger partial charge in [0.25, 0.3) is 0 Å². The summed E-state index contributed by atoms with van der Waals surface area (Å²) in [5.74, 6) is 0.114. The predicted molar refractivity (Wildman–Crippen MR) is 95.4 cm³/mol. The minimum Gasteiger partial charge on any atom is -0.396 e. The Hall–Kier alpha value is -2.61. The average molecular weight is 376 g/mol. The molecule has 0 amide bonds. The van der Waals surface area contributed by atoms with Crippen LogP contribution in [0.25, 0.3) is 16.8 Å². The number of hydrogen-bond acceptors (Lipinski definition) is 4. The van der Waals surface area contributed by atoms with E-state index in [4.69, 9.17) is 0 Å². The molecule has 0 bridgehead atoms. The second-order valence-corrected chi connectivity index (χ2v) is 6.82. The lowest BCUT2D eigenvalue weighted by Gasteiger charge is -2.33. The minimum atomic E-state index is -4.49. The van der Waals surface area contributed by atoms with Crippen molar-refractivity contribution in [3.8, 4) is 11.1 Å². The fourth-order valence-corrected chi connectivity index (χ4v) is 3.49. The summed E-state index contributed by atoms with van der Waals surface area (Å²) in [6, 6.07) is 4.67. The third-order valence-corrected chi connectivity index (χ3v) is 5.07. The zero-order valence-electron chi connectivity index (χ0n) is 14.5. The molecule has 1 saturated heterocycles. The first-order valence-electron chi connectivity index (χ1n) is 8.82. The molecule has 0 saturated carbocycles. The maximum atomic E-state index is 13.7. The van der Waals surface area contributed by atoms with Crippen molar-refractivity contribution < 1.29 is 18.3 Å². The highest BCUT2D eigenvalue weighted by Gasteiger charge is 2.37. The normalized spacial score (nSPS) is 16.2. The van der Waals surface area contributed by atoms with Crippen LogP contribution in [0.3, 0.4) is 0 Å². The molecule has 3 aromatic rings. The van der Waals surface area contributed by atoms with Gasteiger partial charge >= 0.3 is 6.18 Å². The molecule has 0 aromatic carbocycles. The van der Waals surface area contributed by atoms with E-state index in [2.05, 4.69) is 9.97 Å². The lowest BCUT2D eigenvalue weighted by Crippen LogP contribution is -2.36. The second-order valence-electron chi connectivity index (χ2n) is 6.82. The molecular weight excluding hydrogens is 357 g/mol. The zero-order chi connectivity index (χ0) is 19.0. The highest BCUT2D eigenvalue weighted by atomic mass is 19.4. The van der Waals surface area contributed by atoms with Crippen LogP contribution in [0, 0.1) is 5.92 Å². The van der Waals surface area contributed by atoms with E-state index in [-0.39, 0.29) is 18.3 Å². The molecule has 0 spiro atoms. The van der Waals surface area contributed by atoms with Crippen molar-refractivity contribution in [2.75, 3.05) is 24.6 Å². The van der Waals surface area contributed by atoms with Crippen LogP contribution in [0.1, 0.15) is 18.4 Å². The Labute approximate surface area is 154 Å². The summed E-state index contributed by atoms with van der Waals surface area (Å²) < 4.78 is 42.9. The van der Waals surface area contributed by atoms with Gasteiger partial charge in [-0.05, 0) is 37.0 Å². The molecular formula is C19H19F3N4O. The standard InChI is InChI=1S/C19H19F3N4O/c20-19(21,22)16-9-15(14-1-2-17-23-5-8-26(17)11-14)10-24-18(16)25-6-3-13(12-27)4-7-25/h1-2,5,8-11,13,27H,3-4,6-7,12H2. The number of anilines is 1. The van der Waals surface area contributed by atoms with E-state index in [1.165, 1.54) is 12.3 Å². The van der Waals surface area contributed by atoms with E-state index in [9.17, 15) is 18.3 Å². The van der Waals surface area contributed by atoms with Gasteiger partial charge in [0, 0.05) is 55.6 Å². The van der Waals surface area contributed by atoms with Crippen molar-refractivity contribution in [3.05, 3.63) is 48.5 Å². The predicted octanol–water partition coefficient (Wildman–Crippen LogP) is 3.62. The van der Waals surface area contributed by atoms with Gasteiger partial charge in [0.2, 0.25) is 0 Å². The number of fused-ring (bicyclic) bond motifs is 1. The van der Waals surface area contributed by atoms with Crippen molar-refractivity contribution in [2.24, 2.45) is 5.92 Å². The number of hydrogen-bond donors (Lipinski definition) is 1. The summed E-state index contributed by atoms with van der Waals surface area (Å²) in [6.07, 6.45) is 3.44. The third-order valence-electron chi connectivity index (χ3n) is 5.07. The fourth-order valence-electron chi connectivity index (χ4n) is 3.49. The van der Waals surface area contributed by atoms with Gasteiger partial charge in [-0.1, -0.05) is 0 Å². The van der Waals surface area contributed by atoms with Gasteiger partial charge in [0.15, 0.2) is 0 Å². The Morgan fingerprint density at radius 2 is 1.89 bits per heavy atom. The third kappa shape index (κ3) is 3.49. The number of pyridine rings is 2. The SMILES string of the molecule is OCC1CCN(c2ncc(-c3ccc4nccn4c3)cc2C(F)(F)F)CC1. The number of halogens is 3. The number of imidazole rings is 1. The number of piperidine rings is 1. The van der Waals surface area contributed by atoms with Crippen molar-refractivity contribution in [1.82, 2.24) is 14.4 Å². The maximum Gasteiger partial charge on any atom is 0.419 e. The van der Waals surface area contributed by atoms with Crippen LogP contribution in [0.15, 0.2) is 43.0 Å². The van der Waals surface area contributed by atoms with Gasteiger partial charge in [-0.3, -0.25) is 0 Å². The van der Waals surface area contributed by atoms with Crippen LogP contribution in [-0.4, -0.2) is 39.2 Å². The highest BCUT2D eigenvalue weighted by molar-refractivity contribution is 5.67. The number of aliphatic hydroxyl groups excluding tert-OH is 1. The number of alkyl halides is 3. The molecule has 27 heavy (non-hydrogen) atoms. The van der Waals surface area contributed by atoms with Crippen molar-refractivity contribution in [1.29, 1.82) is 0 Å². The summed E-state index contributed by atoms with van der Waals surface area (Å²) in [5, 5.41) is 9.23. The second kappa shape index (κ2) is 6.84. The Kier molecular flexibility index (Phi) is 4.51. The van der Waals surface area contributed by atoms with Crippen LogP contribution in [0.5, 0.6) is 0 Å². The maximum absolute atomic E-state index is 13.7. The van der Waals surface area contributed by atoms with Crippen LogP contribution in [-0.2, 0) is 6.18 Å². The number of rotatable bonds is 3. The molecule has 1 fully saturated rings. The summed E-state index contributed by atoms with van der Waals surface area (Å²) in [7, 11) is 0. The van der Waals surface area contributed by atoms with Gasteiger partial charge in [-0.2, -0.15) is 13.2 Å². The molecule has 1 N–H and O–H groups in total. The lowest BCUT2D eigenvalue weighted by atomic mass is 9.97. The van der Waals surface area contributed by atoms with Gasteiger partial charge < -0.3 is 14.4 Å². The summed E-state index contributed by atoms with van der Waals surface area (Å²) in [4.78, 5) is 9.99. The van der Waals surface area contributed by atoms with Gasteiger partial charge in [0.1, 0.15) is 11.5 Å². The van der Waals surface area contributed by atoms with Crippen LogP contribution >= 0.6 is 0 Å². The van der Waals surface area contributed by atoms with Crippen LogP contribution in [0.4, 0.5) is 19.0 Å². The number of aromatic nitrogens is 3. The molecule has 8 heteroatoms. The van der Waals surface area contributed by atoms with Crippen LogP contribution < -0.4 is 4.90 Å². The molecule has 0 unspecified atom stereocenters. The first-order valence-corrected chi connectivity index (χ1v) is 8.82. The molecule has 1 aliphatic heterocycles. The highest BCUT2D eigenvalue weighted by Crippen LogP contribution is 2.38. The average Bonchev–Trinajstić information content (AvgIpc) is 3.15. The first kappa shape index (κ1) is 17.8. The molecule has 142 valence electrons. The van der Waals surface area contributed by atoms with Crippen LogP contribution in [0.2, 0.25) is 0 Å². The summed E-state index contributed by atoms with van der Waals surface area (Å²) in [6.45, 7) is 0.992. The Morgan fingerprint density at radius 1 is 1.11 bits per heavy atom. The Bertz CT molecular complexity index is 946. The Morgan fingerprint density at radius 3 is 2.59 bits per heavy atom. The first-order chi connectivity index (χ1) is 13.0. The zero-order valence-corrected chi connectivity index (χ0v) is 14.5. The smallest absolute Gasteiger partial charge is 0.396 e. The summed E-state index contributed by atoms with van der Waals surface area (Å²) >= 11 is 0. The van der Waals surface area contributed by atoms with E-state index in [1.807, 2.05) is 0 Å². The molecule has 3 aromatic heterocycles. The number of nitrogens with zero attached hydrogens (tertiary/aromatic N) is 4. The lowest BCUT2D eigenvalue weighted by molar-refractivity contribution is -0.137. The molecule has 0 aliphatic carbocycles. The Balaban J connectivity index is 1.71. The molecule has 4 rings (SSSR count). The molecule has 5 nitrogen and oxygen atoms in total. The van der Waals surface area contributed by atoms with Gasteiger partial charge in [0.05, 0.1) is 5.56 Å². The van der Waals surface area contributed by atoms with Crippen molar-refractivity contribution in [2.45, 2.75) is 19.0 Å². The number of aliphatic hydroxyl groups is 1. The van der Waals surface area contributed by atoms with Gasteiger partial charge in [-0.25, -0.2) is 9.97 Å². The largest absolute Gasteiger partial charge is 0.419 e. The van der Waals surface area contributed by atoms with E-state index < -0.39 is 11.7 Å². The van der Waals surface area contributed by atoms with E-state index in [1.54, 1.807) is 40.0 Å². The van der Waals surface area contributed by atoms with Crippen molar-refractivity contribution in [3.63, 3.8) is 0 Å². The summed E-state index contributed by atoms with van der Waals surface area (Å²) in [5.41, 5.74) is 1.05.